The number of hydrogen-bond acceptors (Lipinski definition) is 7. The molecule has 0 saturated heterocycles. The highest BCUT2D eigenvalue weighted by molar-refractivity contribution is 7.92. The summed E-state index contributed by atoms with van der Waals surface area (Å²) >= 11 is 0. The van der Waals surface area contributed by atoms with Crippen LogP contribution in [0.3, 0.4) is 0 Å². The zero-order valence-corrected chi connectivity index (χ0v) is 15.1. The van der Waals surface area contributed by atoms with Gasteiger partial charge in [-0.15, -0.1) is 0 Å². The summed E-state index contributed by atoms with van der Waals surface area (Å²) in [5.41, 5.74) is 0.906. The Morgan fingerprint density at radius 3 is 2.81 bits per heavy atom. The maximum Gasteiger partial charge on any atom is 0.341 e. The Hall–Kier alpha value is -2.81. The zero-order valence-electron chi connectivity index (χ0n) is 14.3. The number of nitrogens with zero attached hydrogens (tertiary/aromatic N) is 2. The second-order valence-corrected chi connectivity index (χ2v) is 7.44. The second kappa shape index (κ2) is 6.83. The molecular weight excluding hydrogens is 360 g/mol. The van der Waals surface area contributed by atoms with E-state index in [2.05, 4.69) is 9.72 Å². The van der Waals surface area contributed by atoms with Gasteiger partial charge in [0.1, 0.15) is 23.6 Å². The van der Waals surface area contributed by atoms with Crippen LogP contribution in [0.2, 0.25) is 0 Å². The van der Waals surface area contributed by atoms with Gasteiger partial charge in [0, 0.05) is 5.69 Å². The van der Waals surface area contributed by atoms with Gasteiger partial charge in [-0.1, -0.05) is 6.92 Å². The molecule has 2 heterocycles. The van der Waals surface area contributed by atoms with Gasteiger partial charge >= 0.3 is 5.97 Å². The van der Waals surface area contributed by atoms with Gasteiger partial charge in [-0.05, 0) is 36.8 Å². The molecule has 0 bridgehead atoms. The molecule has 26 heavy (non-hydrogen) atoms. The molecule has 3 rings (SSSR count). The molecule has 0 atom stereocenters. The van der Waals surface area contributed by atoms with E-state index in [1.165, 1.54) is 10.4 Å². The molecule has 1 aromatic carbocycles. The number of aromatic nitrogens is 1. The van der Waals surface area contributed by atoms with E-state index in [1.807, 2.05) is 6.92 Å². The lowest BCUT2D eigenvalue weighted by Crippen LogP contribution is -2.38. The van der Waals surface area contributed by atoms with Gasteiger partial charge in [0.2, 0.25) is 5.88 Å². The van der Waals surface area contributed by atoms with E-state index < -0.39 is 16.0 Å². The molecule has 138 valence electrons. The summed E-state index contributed by atoms with van der Waals surface area (Å²) in [5, 5.41) is 9.79. The smallest absolute Gasteiger partial charge is 0.341 e. The van der Waals surface area contributed by atoms with E-state index in [-0.39, 0.29) is 35.2 Å². The van der Waals surface area contributed by atoms with Crippen LogP contribution in [0.25, 0.3) is 0 Å². The van der Waals surface area contributed by atoms with Crippen LogP contribution in [0, 0.1) is 0 Å². The van der Waals surface area contributed by atoms with E-state index in [0.29, 0.717) is 12.1 Å². The van der Waals surface area contributed by atoms with Crippen molar-refractivity contribution in [3.05, 3.63) is 41.6 Å². The number of aryl methyl sites for hydroxylation is 1. The quantitative estimate of drug-likeness (QED) is 0.808. The summed E-state index contributed by atoms with van der Waals surface area (Å²) in [5.74, 6) is -0.922. The first kappa shape index (κ1) is 18.0. The van der Waals surface area contributed by atoms with Gasteiger partial charge in [0.05, 0.1) is 18.6 Å². The Kier molecular flexibility index (Phi) is 4.73. The molecule has 0 aliphatic carbocycles. The predicted octanol–water partition coefficient (Wildman–Crippen LogP) is 1.72. The number of pyridine rings is 1. The number of anilines is 1. The van der Waals surface area contributed by atoms with Crippen LogP contribution < -0.4 is 9.04 Å². The number of sulfonamides is 1. The molecule has 0 spiro atoms. The summed E-state index contributed by atoms with van der Waals surface area (Å²) in [6, 6.07) is 6.88. The minimum absolute atomic E-state index is 0.108. The Morgan fingerprint density at radius 1 is 1.35 bits per heavy atom. The first-order valence-electron chi connectivity index (χ1n) is 7.95. The molecule has 0 unspecified atom stereocenters. The number of hydrogen-bond donors (Lipinski definition) is 1. The average molecular weight is 378 g/mol. The molecule has 2 aromatic rings. The number of rotatable bonds is 4. The normalized spacial score (nSPS) is 13.7. The van der Waals surface area contributed by atoms with Crippen molar-refractivity contribution in [2.45, 2.75) is 18.2 Å². The summed E-state index contributed by atoms with van der Waals surface area (Å²) in [7, 11) is -2.83. The van der Waals surface area contributed by atoms with Crippen LogP contribution in [-0.2, 0) is 21.2 Å². The molecule has 1 N–H and O–H groups in total. The number of fused-ring (bicyclic) bond motifs is 1. The van der Waals surface area contributed by atoms with Gasteiger partial charge in [-0.3, -0.25) is 4.31 Å². The number of ether oxygens (including phenoxy) is 2. The molecule has 9 heteroatoms. The van der Waals surface area contributed by atoms with Crippen molar-refractivity contribution in [2.75, 3.05) is 24.6 Å². The predicted molar refractivity (Wildman–Crippen MR) is 93.1 cm³/mol. The average Bonchev–Trinajstić information content (AvgIpc) is 2.66. The summed E-state index contributed by atoms with van der Waals surface area (Å²) in [6.07, 6.45) is 0.698. The molecular formula is C17H18N2O6S. The number of phenolic OH excluding ortho intramolecular Hbond substituents is 1. The Balaban J connectivity index is 2.07. The van der Waals surface area contributed by atoms with Crippen LogP contribution in [-0.4, -0.2) is 44.7 Å². The molecule has 1 aliphatic heterocycles. The third-order valence-electron chi connectivity index (χ3n) is 4.02. The Labute approximate surface area is 151 Å². The largest absolute Gasteiger partial charge is 0.507 e. The van der Waals surface area contributed by atoms with Crippen LogP contribution in [0.1, 0.15) is 23.0 Å². The highest BCUT2D eigenvalue weighted by Crippen LogP contribution is 2.35. The fourth-order valence-corrected chi connectivity index (χ4v) is 4.11. The van der Waals surface area contributed by atoms with E-state index >= 15 is 0 Å². The van der Waals surface area contributed by atoms with Gasteiger partial charge in [0.25, 0.3) is 10.0 Å². The second-order valence-electron chi connectivity index (χ2n) is 5.58. The number of esters is 1. The van der Waals surface area contributed by atoms with Crippen molar-refractivity contribution < 1.29 is 27.8 Å². The lowest BCUT2D eigenvalue weighted by Gasteiger charge is -2.30. The van der Waals surface area contributed by atoms with Crippen molar-refractivity contribution >= 4 is 21.7 Å². The monoisotopic (exact) mass is 378 g/mol. The Bertz CT molecular complexity index is 958. The van der Waals surface area contributed by atoms with Crippen LogP contribution in [0.4, 0.5) is 5.69 Å². The first-order chi connectivity index (χ1) is 12.4. The SMILES string of the molecule is CCc1ccc2c(n1)OCCN2S(=O)(=O)c1ccc(O)c(C(=O)OC)c1. The van der Waals surface area contributed by atoms with Crippen molar-refractivity contribution in [2.24, 2.45) is 0 Å². The van der Waals surface area contributed by atoms with Crippen molar-refractivity contribution in [3.8, 4) is 11.6 Å². The standard InChI is InChI=1S/C17H18N2O6S/c1-3-11-4-6-14-16(18-11)25-9-8-19(14)26(22,23)12-5-7-15(20)13(10-12)17(21)24-2/h4-7,10,20H,3,8-9H2,1-2H3. The van der Waals surface area contributed by atoms with E-state index in [0.717, 1.165) is 24.9 Å². The van der Waals surface area contributed by atoms with Crippen molar-refractivity contribution in [1.29, 1.82) is 0 Å². The summed E-state index contributed by atoms with van der Waals surface area (Å²) in [4.78, 5) is 15.9. The van der Waals surface area contributed by atoms with Gasteiger partial charge in [-0.25, -0.2) is 18.2 Å². The number of methoxy groups -OCH3 is 1. The van der Waals surface area contributed by atoms with Gasteiger partial charge in [0.15, 0.2) is 0 Å². The van der Waals surface area contributed by atoms with E-state index in [4.69, 9.17) is 4.74 Å². The van der Waals surface area contributed by atoms with Gasteiger partial charge < -0.3 is 14.6 Å². The first-order valence-corrected chi connectivity index (χ1v) is 9.39. The third kappa shape index (κ3) is 3.05. The summed E-state index contributed by atoms with van der Waals surface area (Å²) in [6.45, 7) is 2.21. The van der Waals surface area contributed by atoms with E-state index in [9.17, 15) is 18.3 Å². The third-order valence-corrected chi connectivity index (χ3v) is 5.83. The van der Waals surface area contributed by atoms with Crippen LogP contribution in [0.5, 0.6) is 11.6 Å². The molecule has 0 amide bonds. The number of phenols is 1. The lowest BCUT2D eigenvalue weighted by atomic mass is 10.2. The van der Waals surface area contributed by atoms with Gasteiger partial charge in [-0.2, -0.15) is 0 Å². The fraction of sp³-hybridized carbons (Fsp3) is 0.294. The fourth-order valence-electron chi connectivity index (χ4n) is 2.64. The molecule has 0 fully saturated rings. The maximum atomic E-state index is 13.1. The van der Waals surface area contributed by atoms with Crippen LogP contribution >= 0.6 is 0 Å². The molecule has 0 saturated carbocycles. The number of carbonyl (C=O) groups excluding carboxylic acids is 1. The highest BCUT2D eigenvalue weighted by Gasteiger charge is 2.32. The Morgan fingerprint density at radius 2 is 2.12 bits per heavy atom. The molecule has 8 nitrogen and oxygen atoms in total. The zero-order chi connectivity index (χ0) is 18.9. The lowest BCUT2D eigenvalue weighted by molar-refractivity contribution is 0.0597. The van der Waals surface area contributed by atoms with Crippen molar-refractivity contribution in [3.63, 3.8) is 0 Å². The minimum Gasteiger partial charge on any atom is -0.507 e. The molecule has 1 aliphatic rings. The van der Waals surface area contributed by atoms with E-state index in [1.54, 1.807) is 12.1 Å². The van der Waals surface area contributed by atoms with Crippen molar-refractivity contribution in [1.82, 2.24) is 4.98 Å². The molecule has 1 aromatic heterocycles. The highest BCUT2D eigenvalue weighted by atomic mass is 32.2. The number of carbonyl (C=O) groups is 1. The minimum atomic E-state index is -3.98. The topological polar surface area (TPSA) is 106 Å². The molecule has 0 radical (unpaired) electrons. The summed E-state index contributed by atoms with van der Waals surface area (Å²) < 4.78 is 37.4. The van der Waals surface area contributed by atoms with Crippen LogP contribution in [0.15, 0.2) is 35.2 Å². The maximum absolute atomic E-state index is 13.1. The number of benzene rings is 1. The number of aromatic hydroxyl groups is 1.